The highest BCUT2D eigenvalue weighted by molar-refractivity contribution is 6.31. The molecule has 0 heterocycles. The first kappa shape index (κ1) is 12.3. The molecular weight excluding hydrogens is 229 g/mol. The Morgan fingerprint density at radius 2 is 2.00 bits per heavy atom. The van der Waals surface area contributed by atoms with Crippen LogP contribution in [0.1, 0.15) is 24.0 Å². The van der Waals surface area contributed by atoms with Gasteiger partial charge in [-0.25, -0.2) is 0 Å². The van der Waals surface area contributed by atoms with Crippen molar-refractivity contribution in [3.05, 3.63) is 34.3 Å². The Kier molecular flexibility index (Phi) is 3.62. The van der Waals surface area contributed by atoms with Crippen LogP contribution in [0.4, 0.5) is 13.2 Å². The van der Waals surface area contributed by atoms with E-state index in [4.69, 9.17) is 16.7 Å². The lowest BCUT2D eigenvalue weighted by molar-refractivity contribution is -0.137. The molecule has 1 nitrogen and oxygen atoms in total. The van der Waals surface area contributed by atoms with E-state index >= 15 is 0 Å². The van der Waals surface area contributed by atoms with Gasteiger partial charge in [0.15, 0.2) is 0 Å². The molecule has 0 aliphatic heterocycles. The lowest BCUT2D eigenvalue weighted by Crippen LogP contribution is -2.06. The molecule has 1 unspecified atom stereocenters. The van der Waals surface area contributed by atoms with Crippen molar-refractivity contribution in [2.75, 3.05) is 6.61 Å². The minimum absolute atomic E-state index is 0.0337. The van der Waals surface area contributed by atoms with E-state index in [9.17, 15) is 13.2 Å². The van der Waals surface area contributed by atoms with E-state index in [-0.39, 0.29) is 17.5 Å². The van der Waals surface area contributed by atoms with Gasteiger partial charge in [-0.1, -0.05) is 24.6 Å². The maximum absolute atomic E-state index is 12.3. The van der Waals surface area contributed by atoms with Crippen LogP contribution < -0.4 is 0 Å². The molecule has 84 valence electrons. The van der Waals surface area contributed by atoms with E-state index in [1.54, 1.807) is 6.92 Å². The van der Waals surface area contributed by atoms with Gasteiger partial charge in [-0.3, -0.25) is 0 Å². The van der Waals surface area contributed by atoms with Crippen LogP contribution in [-0.4, -0.2) is 11.7 Å². The Bertz CT molecular complexity index is 349. The first-order valence-electron chi connectivity index (χ1n) is 4.33. The summed E-state index contributed by atoms with van der Waals surface area (Å²) >= 11 is 5.70. The van der Waals surface area contributed by atoms with Crippen molar-refractivity contribution in [1.82, 2.24) is 0 Å². The second-order valence-electron chi connectivity index (χ2n) is 3.32. The number of rotatable bonds is 2. The van der Waals surface area contributed by atoms with Crippen molar-refractivity contribution in [1.29, 1.82) is 0 Å². The van der Waals surface area contributed by atoms with E-state index < -0.39 is 11.7 Å². The molecule has 0 fully saturated rings. The number of alkyl halides is 3. The molecule has 1 atom stereocenters. The van der Waals surface area contributed by atoms with Crippen molar-refractivity contribution in [2.24, 2.45) is 0 Å². The normalized spacial score (nSPS) is 14.0. The van der Waals surface area contributed by atoms with Gasteiger partial charge < -0.3 is 5.11 Å². The van der Waals surface area contributed by atoms with E-state index in [1.807, 2.05) is 0 Å². The summed E-state index contributed by atoms with van der Waals surface area (Å²) in [6.07, 6.45) is -4.38. The van der Waals surface area contributed by atoms with E-state index in [0.29, 0.717) is 5.56 Å². The Morgan fingerprint density at radius 1 is 1.40 bits per heavy atom. The molecular formula is C10H10ClF3O. The van der Waals surface area contributed by atoms with Gasteiger partial charge in [-0.15, -0.1) is 0 Å². The van der Waals surface area contributed by atoms with Crippen LogP contribution in [0.2, 0.25) is 5.02 Å². The van der Waals surface area contributed by atoms with Crippen LogP contribution in [0.3, 0.4) is 0 Å². The van der Waals surface area contributed by atoms with Crippen molar-refractivity contribution in [2.45, 2.75) is 19.0 Å². The maximum Gasteiger partial charge on any atom is 0.416 e. The third-order valence-electron chi connectivity index (χ3n) is 2.13. The number of hydrogen-bond donors (Lipinski definition) is 1. The Morgan fingerprint density at radius 3 is 2.40 bits per heavy atom. The Hall–Kier alpha value is -0.740. The van der Waals surface area contributed by atoms with Crippen molar-refractivity contribution in [3.8, 4) is 0 Å². The SMILES string of the molecule is CC(CO)c1ccc(C(F)(F)F)cc1Cl. The van der Waals surface area contributed by atoms with Crippen LogP contribution in [0, 0.1) is 0 Å². The average Bonchev–Trinajstić information content (AvgIpc) is 2.15. The predicted molar refractivity (Wildman–Crippen MR) is 52.0 cm³/mol. The fourth-order valence-electron chi connectivity index (χ4n) is 1.20. The van der Waals surface area contributed by atoms with Crippen LogP contribution in [-0.2, 0) is 6.18 Å². The summed E-state index contributed by atoms with van der Waals surface area (Å²) in [5.41, 5.74) is -0.256. The topological polar surface area (TPSA) is 20.2 Å². The molecule has 0 aliphatic carbocycles. The van der Waals surface area contributed by atoms with Gasteiger partial charge in [0.25, 0.3) is 0 Å². The molecule has 0 aromatic heterocycles. The van der Waals surface area contributed by atoms with Crippen LogP contribution in [0.15, 0.2) is 18.2 Å². The molecule has 0 saturated carbocycles. The summed E-state index contributed by atoms with van der Waals surface area (Å²) in [5.74, 6) is -0.264. The van der Waals surface area contributed by atoms with Gasteiger partial charge in [0, 0.05) is 17.5 Å². The highest BCUT2D eigenvalue weighted by atomic mass is 35.5. The minimum atomic E-state index is -4.38. The van der Waals surface area contributed by atoms with E-state index in [1.165, 1.54) is 6.07 Å². The van der Waals surface area contributed by atoms with E-state index in [0.717, 1.165) is 12.1 Å². The zero-order chi connectivity index (χ0) is 11.6. The zero-order valence-corrected chi connectivity index (χ0v) is 8.73. The zero-order valence-electron chi connectivity index (χ0n) is 7.98. The summed E-state index contributed by atoms with van der Waals surface area (Å²) in [4.78, 5) is 0. The third-order valence-corrected chi connectivity index (χ3v) is 2.46. The van der Waals surface area contributed by atoms with Gasteiger partial charge in [0.2, 0.25) is 0 Å². The van der Waals surface area contributed by atoms with Gasteiger partial charge in [-0.05, 0) is 17.7 Å². The standard InChI is InChI=1S/C10H10ClF3O/c1-6(5-15)8-3-2-7(4-9(8)11)10(12,13)14/h2-4,6,15H,5H2,1H3. The lowest BCUT2D eigenvalue weighted by atomic mass is 10.0. The molecule has 0 amide bonds. The summed E-state index contributed by atoms with van der Waals surface area (Å²) in [6.45, 7) is 1.54. The Balaban J connectivity index is 3.09. The molecule has 15 heavy (non-hydrogen) atoms. The molecule has 0 spiro atoms. The molecule has 1 rings (SSSR count). The van der Waals surface area contributed by atoms with Crippen LogP contribution in [0.25, 0.3) is 0 Å². The first-order valence-corrected chi connectivity index (χ1v) is 4.71. The second kappa shape index (κ2) is 4.41. The molecule has 0 saturated heterocycles. The van der Waals surface area contributed by atoms with Gasteiger partial charge in [0.05, 0.1) is 5.56 Å². The summed E-state index contributed by atoms with van der Waals surface area (Å²) < 4.78 is 36.8. The smallest absolute Gasteiger partial charge is 0.396 e. The molecule has 1 aromatic carbocycles. The predicted octanol–water partition coefficient (Wildman–Crippen LogP) is 3.45. The van der Waals surface area contributed by atoms with Gasteiger partial charge >= 0.3 is 6.18 Å². The fourth-order valence-corrected chi connectivity index (χ4v) is 1.57. The minimum Gasteiger partial charge on any atom is -0.396 e. The summed E-state index contributed by atoms with van der Waals surface area (Å²) in [7, 11) is 0. The first-order chi connectivity index (χ1) is 6.86. The maximum atomic E-state index is 12.3. The molecule has 0 radical (unpaired) electrons. The van der Waals surface area contributed by atoms with Crippen LogP contribution >= 0.6 is 11.6 Å². The van der Waals surface area contributed by atoms with Crippen molar-refractivity contribution >= 4 is 11.6 Å². The highest BCUT2D eigenvalue weighted by Gasteiger charge is 2.31. The Labute approximate surface area is 90.5 Å². The third kappa shape index (κ3) is 2.86. The van der Waals surface area contributed by atoms with Crippen molar-refractivity contribution < 1.29 is 18.3 Å². The number of halogens is 4. The number of aliphatic hydroxyl groups is 1. The van der Waals surface area contributed by atoms with Gasteiger partial charge in [-0.2, -0.15) is 13.2 Å². The quantitative estimate of drug-likeness (QED) is 0.837. The number of hydrogen-bond acceptors (Lipinski definition) is 1. The summed E-state index contributed by atoms with van der Waals surface area (Å²) in [6, 6.07) is 3.14. The lowest BCUT2D eigenvalue weighted by Gasteiger charge is -2.13. The molecule has 1 N–H and O–H groups in total. The molecule has 5 heteroatoms. The summed E-state index contributed by atoms with van der Waals surface area (Å²) in [5, 5.41) is 8.89. The fraction of sp³-hybridized carbons (Fsp3) is 0.400. The van der Waals surface area contributed by atoms with E-state index in [2.05, 4.69) is 0 Å². The van der Waals surface area contributed by atoms with Crippen LogP contribution in [0.5, 0.6) is 0 Å². The number of aliphatic hydroxyl groups excluding tert-OH is 1. The molecule has 1 aromatic rings. The monoisotopic (exact) mass is 238 g/mol. The molecule has 0 aliphatic rings. The highest BCUT2D eigenvalue weighted by Crippen LogP contribution is 2.33. The second-order valence-corrected chi connectivity index (χ2v) is 3.72. The number of benzene rings is 1. The largest absolute Gasteiger partial charge is 0.416 e. The van der Waals surface area contributed by atoms with Gasteiger partial charge in [0.1, 0.15) is 0 Å². The molecule has 0 bridgehead atoms. The average molecular weight is 239 g/mol. The van der Waals surface area contributed by atoms with Crippen molar-refractivity contribution in [3.63, 3.8) is 0 Å².